The monoisotopic (exact) mass is 426 g/mol. The fourth-order valence-electron chi connectivity index (χ4n) is 1.92. The number of nitrogens with one attached hydrogen (secondary N) is 2. The summed E-state index contributed by atoms with van der Waals surface area (Å²) in [5, 5.41) is 9.60. The highest BCUT2D eigenvalue weighted by atomic mass is 79.9. The number of aromatic nitrogens is 2. The number of anilines is 3. The van der Waals surface area contributed by atoms with Gasteiger partial charge in [-0.1, -0.05) is 6.07 Å². The molecule has 21 heavy (non-hydrogen) atoms. The molecule has 2 aromatic heterocycles. The van der Waals surface area contributed by atoms with Gasteiger partial charge in [-0.05, 0) is 62.4 Å². The maximum Gasteiger partial charge on any atom is 0.226 e. The molecule has 4 nitrogen and oxygen atoms in total. The zero-order valence-electron chi connectivity index (χ0n) is 11.2. The zero-order valence-corrected chi connectivity index (χ0v) is 15.1. The van der Waals surface area contributed by atoms with Crippen LogP contribution in [0.2, 0.25) is 0 Å². The van der Waals surface area contributed by atoms with Gasteiger partial charge in [-0.3, -0.25) is 0 Å². The molecule has 0 aliphatic carbocycles. The summed E-state index contributed by atoms with van der Waals surface area (Å²) in [6.07, 6.45) is 0. The summed E-state index contributed by atoms with van der Waals surface area (Å²) in [6.45, 7) is 2.81. The number of rotatable bonds is 4. The van der Waals surface area contributed by atoms with Crippen LogP contribution in [-0.4, -0.2) is 16.5 Å². The quantitative estimate of drug-likeness (QED) is 0.585. The molecule has 108 valence electrons. The third-order valence-electron chi connectivity index (χ3n) is 2.87. The maximum atomic E-state index is 4.57. The molecule has 0 saturated carbocycles. The fourth-order valence-corrected chi connectivity index (χ4v) is 3.88. The largest absolute Gasteiger partial charge is 0.354 e. The van der Waals surface area contributed by atoms with Crippen molar-refractivity contribution in [1.82, 2.24) is 9.97 Å². The van der Waals surface area contributed by atoms with Crippen molar-refractivity contribution in [3.8, 4) is 0 Å². The summed E-state index contributed by atoms with van der Waals surface area (Å²) in [7, 11) is 0. The number of para-hydroxylation sites is 1. The van der Waals surface area contributed by atoms with Crippen molar-refractivity contribution in [3.63, 3.8) is 0 Å². The summed E-state index contributed by atoms with van der Waals surface area (Å²) >= 11 is 8.73. The Morgan fingerprint density at radius 2 is 1.90 bits per heavy atom. The molecule has 2 heterocycles. The van der Waals surface area contributed by atoms with E-state index in [1.165, 1.54) is 0 Å². The molecular formula is C14H12Br2N4S. The van der Waals surface area contributed by atoms with Crippen molar-refractivity contribution >= 4 is 70.9 Å². The molecular weight excluding hydrogens is 416 g/mol. The van der Waals surface area contributed by atoms with Crippen molar-refractivity contribution in [2.45, 2.75) is 6.92 Å². The van der Waals surface area contributed by atoms with Crippen LogP contribution < -0.4 is 10.6 Å². The molecule has 0 atom stereocenters. The lowest BCUT2D eigenvalue weighted by molar-refractivity contribution is 1.11. The normalized spacial score (nSPS) is 10.8. The van der Waals surface area contributed by atoms with Crippen LogP contribution >= 0.6 is 43.2 Å². The van der Waals surface area contributed by atoms with Gasteiger partial charge in [-0.2, -0.15) is 4.98 Å². The van der Waals surface area contributed by atoms with Crippen LogP contribution in [0.4, 0.5) is 17.5 Å². The third kappa shape index (κ3) is 3.04. The highest BCUT2D eigenvalue weighted by Crippen LogP contribution is 2.35. The number of hydrogen-bond donors (Lipinski definition) is 2. The number of benzene rings is 1. The summed E-state index contributed by atoms with van der Waals surface area (Å²) in [5.41, 5.74) is 0.950. The second kappa shape index (κ2) is 6.29. The highest BCUT2D eigenvalue weighted by molar-refractivity contribution is 9.11. The molecule has 0 unspecified atom stereocenters. The Balaban J connectivity index is 2.09. The van der Waals surface area contributed by atoms with Crippen molar-refractivity contribution in [1.29, 1.82) is 0 Å². The van der Waals surface area contributed by atoms with Crippen LogP contribution in [0.5, 0.6) is 0 Å². The summed E-state index contributed by atoms with van der Waals surface area (Å²) < 4.78 is 1.95. The molecule has 7 heteroatoms. The Bertz CT molecular complexity index is 767. The minimum absolute atomic E-state index is 0.637. The van der Waals surface area contributed by atoms with Gasteiger partial charge in [0.2, 0.25) is 5.95 Å². The van der Waals surface area contributed by atoms with E-state index in [0.29, 0.717) is 5.95 Å². The van der Waals surface area contributed by atoms with Crippen LogP contribution in [0.1, 0.15) is 6.92 Å². The van der Waals surface area contributed by atoms with Crippen LogP contribution in [0.15, 0.2) is 38.6 Å². The fraction of sp³-hybridized carbons (Fsp3) is 0.143. The smallest absolute Gasteiger partial charge is 0.226 e. The summed E-state index contributed by atoms with van der Waals surface area (Å²) in [5.74, 6) is 1.43. The van der Waals surface area contributed by atoms with Gasteiger partial charge >= 0.3 is 0 Å². The van der Waals surface area contributed by atoms with Crippen LogP contribution in [0.25, 0.3) is 10.2 Å². The Morgan fingerprint density at radius 3 is 2.62 bits per heavy atom. The van der Waals surface area contributed by atoms with Crippen molar-refractivity contribution in [2.75, 3.05) is 17.2 Å². The lowest BCUT2D eigenvalue weighted by Crippen LogP contribution is -2.04. The van der Waals surface area contributed by atoms with E-state index in [1.807, 2.05) is 36.6 Å². The average molecular weight is 428 g/mol. The minimum Gasteiger partial charge on any atom is -0.354 e. The molecule has 0 amide bonds. The van der Waals surface area contributed by atoms with Crippen molar-refractivity contribution in [2.24, 2.45) is 0 Å². The second-order valence-corrected chi connectivity index (χ2v) is 6.89. The number of nitrogens with zero attached hydrogens (tertiary/aromatic N) is 2. The third-order valence-corrected chi connectivity index (χ3v) is 4.99. The Morgan fingerprint density at radius 1 is 1.14 bits per heavy atom. The van der Waals surface area contributed by atoms with E-state index in [9.17, 15) is 0 Å². The standard InChI is InChI=1S/C14H12Br2N4S/c1-2-17-14-19-12(8-6-7-21-13(8)20-14)18-11-9(15)4-3-5-10(11)16/h3-7H,2H2,1H3,(H2,17,18,19,20). The molecule has 1 aromatic carbocycles. The van der Waals surface area contributed by atoms with Gasteiger partial charge in [0.15, 0.2) is 0 Å². The lowest BCUT2D eigenvalue weighted by Gasteiger charge is -2.12. The first-order valence-corrected chi connectivity index (χ1v) is 8.85. The zero-order chi connectivity index (χ0) is 14.8. The van der Waals surface area contributed by atoms with E-state index in [1.54, 1.807) is 11.3 Å². The molecule has 0 bridgehead atoms. The Labute approximate surface area is 143 Å². The van der Waals surface area contributed by atoms with Gasteiger partial charge in [0, 0.05) is 15.5 Å². The molecule has 0 fully saturated rings. The topological polar surface area (TPSA) is 49.8 Å². The molecule has 0 radical (unpaired) electrons. The van der Waals surface area contributed by atoms with E-state index < -0.39 is 0 Å². The van der Waals surface area contributed by atoms with Crippen molar-refractivity contribution in [3.05, 3.63) is 38.6 Å². The first kappa shape index (κ1) is 14.7. The molecule has 3 rings (SSSR count). The molecule has 0 aliphatic heterocycles. The maximum absolute atomic E-state index is 4.57. The molecule has 0 saturated heterocycles. The number of thiophene rings is 1. The van der Waals surface area contributed by atoms with Crippen LogP contribution in [0.3, 0.4) is 0 Å². The van der Waals surface area contributed by atoms with Gasteiger partial charge in [-0.15, -0.1) is 11.3 Å². The predicted molar refractivity (Wildman–Crippen MR) is 96.7 cm³/mol. The highest BCUT2D eigenvalue weighted by Gasteiger charge is 2.12. The van der Waals surface area contributed by atoms with Gasteiger partial charge in [-0.25, -0.2) is 4.98 Å². The van der Waals surface area contributed by atoms with E-state index in [2.05, 4.69) is 52.5 Å². The SMILES string of the molecule is CCNc1nc(Nc2c(Br)cccc2Br)c2ccsc2n1. The average Bonchev–Trinajstić information content (AvgIpc) is 2.92. The summed E-state index contributed by atoms with van der Waals surface area (Å²) in [4.78, 5) is 10.0. The molecule has 2 N–H and O–H groups in total. The minimum atomic E-state index is 0.637. The first-order valence-electron chi connectivity index (χ1n) is 6.39. The van der Waals surface area contributed by atoms with E-state index in [0.717, 1.165) is 37.2 Å². The van der Waals surface area contributed by atoms with Crippen molar-refractivity contribution < 1.29 is 0 Å². The number of hydrogen-bond acceptors (Lipinski definition) is 5. The van der Waals surface area contributed by atoms with Gasteiger partial charge in [0.05, 0.1) is 11.1 Å². The Hall–Kier alpha value is -1.18. The number of fused-ring (bicyclic) bond motifs is 1. The van der Waals surface area contributed by atoms with Gasteiger partial charge in [0.1, 0.15) is 10.6 Å². The lowest BCUT2D eigenvalue weighted by atomic mass is 10.3. The Kier molecular flexibility index (Phi) is 4.42. The first-order chi connectivity index (χ1) is 10.2. The summed E-state index contributed by atoms with van der Waals surface area (Å²) in [6, 6.07) is 7.99. The molecule has 0 spiro atoms. The van der Waals surface area contributed by atoms with Gasteiger partial charge < -0.3 is 10.6 Å². The van der Waals surface area contributed by atoms with Crippen LogP contribution in [-0.2, 0) is 0 Å². The van der Waals surface area contributed by atoms with E-state index in [-0.39, 0.29) is 0 Å². The molecule has 3 aromatic rings. The van der Waals surface area contributed by atoms with E-state index in [4.69, 9.17) is 0 Å². The number of halogens is 2. The van der Waals surface area contributed by atoms with E-state index >= 15 is 0 Å². The van der Waals surface area contributed by atoms with Crippen LogP contribution in [0, 0.1) is 0 Å². The van der Waals surface area contributed by atoms with Gasteiger partial charge in [0.25, 0.3) is 0 Å². The predicted octanol–water partition coefficient (Wildman–Crippen LogP) is 5.39. The molecule has 0 aliphatic rings. The second-order valence-electron chi connectivity index (χ2n) is 4.29.